The van der Waals surface area contributed by atoms with Gasteiger partial charge in [0, 0.05) is 62.5 Å². The van der Waals surface area contributed by atoms with Crippen LogP contribution in [0.4, 0.5) is 13.2 Å². The first-order valence-corrected chi connectivity index (χ1v) is 11.3. The summed E-state index contributed by atoms with van der Waals surface area (Å²) in [5.41, 5.74) is 0.893. The molecule has 0 bridgehead atoms. The fraction of sp³-hybridized carbons (Fsp3) is 0.542. The van der Waals surface area contributed by atoms with Gasteiger partial charge in [0.25, 0.3) is 0 Å². The maximum atomic E-state index is 13.2. The largest absolute Gasteiger partial charge is 0.416 e. The van der Waals surface area contributed by atoms with Crippen molar-refractivity contribution < 1.29 is 18.0 Å². The minimum absolute atomic E-state index is 0.00757. The third kappa shape index (κ3) is 5.11. The van der Waals surface area contributed by atoms with Gasteiger partial charge in [0.15, 0.2) is 0 Å². The van der Waals surface area contributed by atoms with E-state index in [1.54, 1.807) is 6.07 Å². The number of aryl methyl sites for hydroxylation is 1. The molecule has 3 heterocycles. The van der Waals surface area contributed by atoms with Crippen LogP contribution in [0.15, 0.2) is 36.7 Å². The number of carbonyl (C=O) groups excluding carboxylic acids is 1. The Morgan fingerprint density at radius 1 is 1.03 bits per heavy atom. The summed E-state index contributed by atoms with van der Waals surface area (Å²) in [7, 11) is 0. The lowest BCUT2D eigenvalue weighted by atomic mass is 9.96. The summed E-state index contributed by atoms with van der Waals surface area (Å²) in [4.78, 5) is 26.0. The van der Waals surface area contributed by atoms with Crippen LogP contribution in [0.2, 0.25) is 0 Å². The van der Waals surface area contributed by atoms with Crippen molar-refractivity contribution in [1.29, 1.82) is 0 Å². The van der Waals surface area contributed by atoms with Crippen LogP contribution >= 0.6 is 0 Å². The van der Waals surface area contributed by atoms with Crippen LogP contribution in [-0.4, -0.2) is 44.3 Å². The normalized spacial score (nSPS) is 22.5. The number of benzene rings is 1. The van der Waals surface area contributed by atoms with Crippen LogP contribution in [0.5, 0.6) is 0 Å². The van der Waals surface area contributed by atoms with Gasteiger partial charge in [0.05, 0.1) is 5.56 Å². The van der Waals surface area contributed by atoms with Crippen LogP contribution in [0.25, 0.3) is 0 Å². The number of rotatable bonds is 5. The van der Waals surface area contributed by atoms with Crippen molar-refractivity contribution >= 4 is 5.91 Å². The topological polar surface area (TPSA) is 49.3 Å². The van der Waals surface area contributed by atoms with Crippen LogP contribution in [0.1, 0.15) is 61.5 Å². The van der Waals surface area contributed by atoms with Gasteiger partial charge in [-0.15, -0.1) is 0 Å². The number of nitrogens with zero attached hydrogens (tertiary/aromatic N) is 4. The molecule has 2 aliphatic heterocycles. The standard InChI is InChI=1S/C24H29F3N4O/c1-2-22-28-13-18(14-29-22)15-30-11-10-21-20(30)8-3-4-9-23(32)31(21)16-17-6-5-7-19(12-17)24(25,26)27/h5-7,12-14,20-21H,2-4,8-11,15-16H2,1H3/t20-,21+/m1/s1. The first-order chi connectivity index (χ1) is 15.3. The molecule has 2 aliphatic rings. The van der Waals surface area contributed by atoms with Crippen molar-refractivity contribution in [1.82, 2.24) is 19.8 Å². The highest BCUT2D eigenvalue weighted by Gasteiger charge is 2.40. The molecule has 4 rings (SSSR count). The molecule has 8 heteroatoms. The number of aromatic nitrogens is 2. The first kappa shape index (κ1) is 22.7. The van der Waals surface area contributed by atoms with Gasteiger partial charge in [-0.25, -0.2) is 9.97 Å². The fourth-order valence-corrected chi connectivity index (χ4v) is 4.92. The monoisotopic (exact) mass is 446 g/mol. The predicted octanol–water partition coefficient (Wildman–Crippen LogP) is 4.60. The number of halogens is 3. The number of hydrogen-bond acceptors (Lipinski definition) is 4. The average Bonchev–Trinajstić information content (AvgIpc) is 3.15. The summed E-state index contributed by atoms with van der Waals surface area (Å²) >= 11 is 0. The molecule has 1 aromatic carbocycles. The van der Waals surface area contributed by atoms with E-state index in [1.807, 2.05) is 24.2 Å². The van der Waals surface area contributed by atoms with E-state index in [4.69, 9.17) is 0 Å². The molecule has 0 unspecified atom stereocenters. The quantitative estimate of drug-likeness (QED) is 0.674. The van der Waals surface area contributed by atoms with Crippen LogP contribution in [-0.2, 0) is 30.5 Å². The summed E-state index contributed by atoms with van der Waals surface area (Å²) in [5.74, 6) is 0.853. The summed E-state index contributed by atoms with van der Waals surface area (Å²) in [6.07, 6.45) is 4.18. The molecule has 1 aromatic heterocycles. The zero-order valence-electron chi connectivity index (χ0n) is 18.3. The van der Waals surface area contributed by atoms with Gasteiger partial charge in [0.2, 0.25) is 5.91 Å². The van der Waals surface area contributed by atoms with Crippen molar-refractivity contribution in [3.8, 4) is 0 Å². The molecular formula is C24H29F3N4O. The van der Waals surface area contributed by atoms with E-state index in [2.05, 4.69) is 14.9 Å². The molecule has 0 radical (unpaired) electrons. The molecule has 32 heavy (non-hydrogen) atoms. The Bertz CT molecular complexity index is 932. The summed E-state index contributed by atoms with van der Waals surface area (Å²) in [5, 5.41) is 0. The van der Waals surface area contributed by atoms with Crippen LogP contribution in [0.3, 0.4) is 0 Å². The summed E-state index contributed by atoms with van der Waals surface area (Å²) in [6, 6.07) is 5.54. The molecular weight excluding hydrogens is 417 g/mol. The number of fused-ring (bicyclic) bond motifs is 1. The zero-order valence-corrected chi connectivity index (χ0v) is 18.3. The van der Waals surface area contributed by atoms with Gasteiger partial charge in [-0.05, 0) is 37.0 Å². The number of carbonyl (C=O) groups is 1. The highest BCUT2D eigenvalue weighted by molar-refractivity contribution is 5.76. The second-order valence-electron chi connectivity index (χ2n) is 8.72. The van der Waals surface area contributed by atoms with Gasteiger partial charge in [-0.2, -0.15) is 13.2 Å². The van der Waals surface area contributed by atoms with Crippen molar-refractivity contribution in [3.63, 3.8) is 0 Å². The average molecular weight is 447 g/mol. The Hall–Kier alpha value is -2.48. The van der Waals surface area contributed by atoms with E-state index in [1.165, 1.54) is 12.1 Å². The molecule has 5 nitrogen and oxygen atoms in total. The van der Waals surface area contributed by atoms with E-state index in [0.717, 1.165) is 62.6 Å². The summed E-state index contributed by atoms with van der Waals surface area (Å²) < 4.78 is 39.5. The number of amides is 1. The molecule has 0 aliphatic carbocycles. The third-order valence-electron chi connectivity index (χ3n) is 6.55. The van der Waals surface area contributed by atoms with E-state index in [9.17, 15) is 18.0 Å². The van der Waals surface area contributed by atoms with Crippen molar-refractivity contribution in [2.75, 3.05) is 6.54 Å². The van der Waals surface area contributed by atoms with E-state index in [0.29, 0.717) is 12.0 Å². The van der Waals surface area contributed by atoms with Gasteiger partial charge in [-0.3, -0.25) is 9.69 Å². The molecule has 2 aromatic rings. The van der Waals surface area contributed by atoms with Gasteiger partial charge < -0.3 is 4.90 Å². The third-order valence-corrected chi connectivity index (χ3v) is 6.55. The molecule has 0 spiro atoms. The van der Waals surface area contributed by atoms with Gasteiger partial charge in [0.1, 0.15) is 5.82 Å². The number of likely N-dealkylation sites (tertiary alicyclic amines) is 2. The molecule has 2 saturated heterocycles. The zero-order chi connectivity index (χ0) is 22.7. The Balaban J connectivity index is 1.53. The molecule has 2 atom stereocenters. The second kappa shape index (κ2) is 9.57. The van der Waals surface area contributed by atoms with Gasteiger partial charge >= 0.3 is 6.18 Å². The lowest BCUT2D eigenvalue weighted by Crippen LogP contribution is -2.48. The van der Waals surface area contributed by atoms with E-state index in [-0.39, 0.29) is 24.5 Å². The lowest BCUT2D eigenvalue weighted by molar-refractivity contribution is -0.137. The number of hydrogen-bond donors (Lipinski definition) is 0. The maximum Gasteiger partial charge on any atom is 0.416 e. The summed E-state index contributed by atoms with van der Waals surface area (Å²) in [6.45, 7) is 3.80. The van der Waals surface area contributed by atoms with Crippen molar-refractivity contribution in [2.45, 2.75) is 76.8 Å². The molecule has 2 fully saturated rings. The molecule has 1 amide bonds. The first-order valence-electron chi connectivity index (χ1n) is 11.3. The van der Waals surface area contributed by atoms with E-state index >= 15 is 0 Å². The number of alkyl halides is 3. The molecule has 0 saturated carbocycles. The minimum Gasteiger partial charge on any atom is -0.334 e. The Labute approximate surface area is 186 Å². The minimum atomic E-state index is -4.39. The molecule has 0 N–H and O–H groups in total. The van der Waals surface area contributed by atoms with Gasteiger partial charge in [-0.1, -0.05) is 25.5 Å². The van der Waals surface area contributed by atoms with Crippen LogP contribution < -0.4 is 0 Å². The molecule has 172 valence electrons. The highest BCUT2D eigenvalue weighted by Crippen LogP contribution is 2.33. The smallest absolute Gasteiger partial charge is 0.334 e. The SMILES string of the molecule is CCc1ncc(CN2CC[C@H]3[C@H]2CCCCC(=O)N3Cc2cccc(C(F)(F)F)c2)cn1. The van der Waals surface area contributed by atoms with E-state index < -0.39 is 11.7 Å². The van der Waals surface area contributed by atoms with Crippen molar-refractivity contribution in [3.05, 3.63) is 59.2 Å². The highest BCUT2D eigenvalue weighted by atomic mass is 19.4. The lowest BCUT2D eigenvalue weighted by Gasteiger charge is -2.37. The Morgan fingerprint density at radius 3 is 2.53 bits per heavy atom. The Morgan fingerprint density at radius 2 is 1.81 bits per heavy atom. The Kier molecular flexibility index (Phi) is 6.79. The maximum absolute atomic E-state index is 13.2. The fourth-order valence-electron chi connectivity index (χ4n) is 4.92. The second-order valence-corrected chi connectivity index (χ2v) is 8.72. The van der Waals surface area contributed by atoms with Crippen LogP contribution in [0, 0.1) is 0 Å². The predicted molar refractivity (Wildman–Crippen MR) is 114 cm³/mol. The van der Waals surface area contributed by atoms with Crippen molar-refractivity contribution in [2.24, 2.45) is 0 Å².